The molecule has 1 fully saturated rings. The highest BCUT2D eigenvalue weighted by atomic mass is 19.1. The summed E-state index contributed by atoms with van der Waals surface area (Å²) in [7, 11) is 1.69. The normalized spacial score (nSPS) is 20.5. The number of nitrogens with zero attached hydrogens (tertiary/aromatic N) is 3. The molecular formula is C17H19FN4O2. The van der Waals surface area contributed by atoms with Crippen LogP contribution in [0.25, 0.3) is 0 Å². The average Bonchev–Trinajstić information content (AvgIpc) is 3.15. The molecule has 1 aliphatic heterocycles. The molecule has 0 saturated carbocycles. The smallest absolute Gasteiger partial charge is 0.254 e. The van der Waals surface area contributed by atoms with Crippen molar-refractivity contribution in [1.29, 1.82) is 0 Å². The van der Waals surface area contributed by atoms with E-state index < -0.39 is 0 Å². The van der Waals surface area contributed by atoms with Crippen LogP contribution in [0.1, 0.15) is 35.3 Å². The highest BCUT2D eigenvalue weighted by Gasteiger charge is 2.39. The first-order chi connectivity index (χ1) is 11.5. The molecule has 3 rings (SSSR count). The predicted molar refractivity (Wildman–Crippen MR) is 85.7 cm³/mol. The molecule has 7 heteroatoms. The van der Waals surface area contributed by atoms with Gasteiger partial charge < -0.3 is 10.2 Å². The van der Waals surface area contributed by atoms with E-state index >= 15 is 0 Å². The van der Waals surface area contributed by atoms with Gasteiger partial charge in [-0.1, -0.05) is 12.1 Å². The van der Waals surface area contributed by atoms with Crippen molar-refractivity contribution in [3.8, 4) is 0 Å². The van der Waals surface area contributed by atoms with Crippen LogP contribution in [0.3, 0.4) is 0 Å². The summed E-state index contributed by atoms with van der Waals surface area (Å²) in [4.78, 5) is 26.1. The highest BCUT2D eigenvalue weighted by molar-refractivity contribution is 5.94. The average molecular weight is 330 g/mol. The summed E-state index contributed by atoms with van der Waals surface area (Å²) in [6, 6.07) is 5.31. The Morgan fingerprint density at radius 2 is 2.08 bits per heavy atom. The standard InChI is InChI=1S/C17H19FN4O2/c1-3-22-10-12(9-19-22)17(24)20-14-8-15(23)21(2)16(14)11-4-6-13(18)7-5-11/h4-7,9-10,14,16H,3,8H2,1-2H3,(H,20,24). The van der Waals surface area contributed by atoms with Crippen molar-refractivity contribution in [2.45, 2.75) is 32.0 Å². The number of aromatic nitrogens is 2. The first-order valence-corrected chi connectivity index (χ1v) is 7.84. The van der Waals surface area contributed by atoms with Crippen molar-refractivity contribution >= 4 is 11.8 Å². The summed E-state index contributed by atoms with van der Waals surface area (Å²) in [5.41, 5.74) is 1.25. The SMILES string of the molecule is CCn1cc(C(=O)NC2CC(=O)N(C)C2c2ccc(F)cc2)cn1. The van der Waals surface area contributed by atoms with Crippen molar-refractivity contribution in [3.05, 3.63) is 53.6 Å². The number of likely N-dealkylation sites (N-methyl/N-ethyl adjacent to an activating group) is 1. The van der Waals surface area contributed by atoms with Crippen LogP contribution >= 0.6 is 0 Å². The molecule has 1 aromatic heterocycles. The maximum absolute atomic E-state index is 13.2. The van der Waals surface area contributed by atoms with Gasteiger partial charge in [0, 0.05) is 26.2 Å². The minimum absolute atomic E-state index is 0.0566. The monoisotopic (exact) mass is 330 g/mol. The first kappa shape index (κ1) is 16.2. The highest BCUT2D eigenvalue weighted by Crippen LogP contribution is 2.32. The topological polar surface area (TPSA) is 67.2 Å². The zero-order valence-electron chi connectivity index (χ0n) is 13.6. The molecule has 1 aromatic carbocycles. The third-order valence-electron chi connectivity index (χ3n) is 4.33. The number of benzene rings is 1. The van der Waals surface area contributed by atoms with Crippen molar-refractivity contribution in [2.75, 3.05) is 7.05 Å². The summed E-state index contributed by atoms with van der Waals surface area (Å²) in [5.74, 6) is -0.660. The van der Waals surface area contributed by atoms with Crippen molar-refractivity contribution in [1.82, 2.24) is 20.0 Å². The summed E-state index contributed by atoms with van der Waals surface area (Å²) < 4.78 is 14.8. The number of carbonyl (C=O) groups excluding carboxylic acids is 2. The Morgan fingerprint density at radius 3 is 2.71 bits per heavy atom. The number of aryl methyl sites for hydroxylation is 1. The van der Waals surface area contributed by atoms with E-state index in [0.717, 1.165) is 5.56 Å². The molecule has 2 aromatic rings. The van der Waals surface area contributed by atoms with E-state index in [1.54, 1.807) is 35.0 Å². The minimum Gasteiger partial charge on any atom is -0.346 e. The Morgan fingerprint density at radius 1 is 1.38 bits per heavy atom. The molecule has 1 N–H and O–H groups in total. The molecule has 2 atom stereocenters. The van der Waals surface area contributed by atoms with Gasteiger partial charge in [-0.3, -0.25) is 14.3 Å². The number of likely N-dealkylation sites (tertiary alicyclic amines) is 1. The predicted octanol–water partition coefficient (Wildman–Crippen LogP) is 1.74. The quantitative estimate of drug-likeness (QED) is 0.928. The lowest BCUT2D eigenvalue weighted by atomic mass is 10.00. The van der Waals surface area contributed by atoms with Crippen molar-refractivity contribution in [3.63, 3.8) is 0 Å². The van der Waals surface area contributed by atoms with Crippen LogP contribution in [0.5, 0.6) is 0 Å². The third-order valence-corrected chi connectivity index (χ3v) is 4.33. The van der Waals surface area contributed by atoms with E-state index in [4.69, 9.17) is 0 Å². The van der Waals surface area contributed by atoms with Crippen LogP contribution in [-0.2, 0) is 11.3 Å². The van der Waals surface area contributed by atoms with Crippen LogP contribution in [0, 0.1) is 5.82 Å². The molecule has 2 amide bonds. The molecule has 0 bridgehead atoms. The number of hydrogen-bond acceptors (Lipinski definition) is 3. The van der Waals surface area contributed by atoms with Gasteiger partial charge in [0.2, 0.25) is 5.91 Å². The molecule has 1 saturated heterocycles. The van der Waals surface area contributed by atoms with Crippen molar-refractivity contribution in [2.24, 2.45) is 0 Å². The second-order valence-corrected chi connectivity index (χ2v) is 5.87. The Balaban J connectivity index is 1.81. The third kappa shape index (κ3) is 3.02. The minimum atomic E-state index is -0.370. The van der Waals surface area contributed by atoms with Gasteiger partial charge in [0.1, 0.15) is 5.82 Å². The number of nitrogens with one attached hydrogen (secondary N) is 1. The van der Waals surface area contributed by atoms with E-state index in [-0.39, 0.29) is 36.1 Å². The fourth-order valence-electron chi connectivity index (χ4n) is 3.02. The Kier molecular flexibility index (Phi) is 4.33. The van der Waals surface area contributed by atoms with E-state index in [0.29, 0.717) is 12.1 Å². The molecule has 6 nitrogen and oxygen atoms in total. The molecule has 0 radical (unpaired) electrons. The Bertz CT molecular complexity index is 756. The zero-order chi connectivity index (χ0) is 17.3. The molecule has 2 heterocycles. The summed E-state index contributed by atoms with van der Waals surface area (Å²) in [6.07, 6.45) is 3.39. The van der Waals surface area contributed by atoms with Gasteiger partial charge in [-0.05, 0) is 24.6 Å². The van der Waals surface area contributed by atoms with Crippen LogP contribution in [0.15, 0.2) is 36.7 Å². The molecule has 0 spiro atoms. The van der Waals surface area contributed by atoms with E-state index in [1.165, 1.54) is 18.3 Å². The number of rotatable bonds is 4. The van der Waals surface area contributed by atoms with Crippen molar-refractivity contribution < 1.29 is 14.0 Å². The Hall–Kier alpha value is -2.70. The van der Waals surface area contributed by atoms with Gasteiger partial charge in [0.25, 0.3) is 5.91 Å². The number of amides is 2. The second-order valence-electron chi connectivity index (χ2n) is 5.87. The van der Waals surface area contributed by atoms with Gasteiger partial charge in [-0.25, -0.2) is 4.39 Å². The van der Waals surface area contributed by atoms with Gasteiger partial charge >= 0.3 is 0 Å². The van der Waals surface area contributed by atoms with E-state index in [9.17, 15) is 14.0 Å². The van der Waals surface area contributed by atoms with Crippen LogP contribution in [0.4, 0.5) is 4.39 Å². The molecule has 0 aliphatic carbocycles. The maximum Gasteiger partial charge on any atom is 0.254 e. The molecule has 1 aliphatic rings. The van der Waals surface area contributed by atoms with Crippen LogP contribution in [-0.4, -0.2) is 39.6 Å². The van der Waals surface area contributed by atoms with E-state index in [2.05, 4.69) is 10.4 Å². The van der Waals surface area contributed by atoms with Gasteiger partial charge in [-0.15, -0.1) is 0 Å². The number of halogens is 1. The zero-order valence-corrected chi connectivity index (χ0v) is 13.6. The van der Waals surface area contributed by atoms with Gasteiger partial charge in [0.15, 0.2) is 0 Å². The fourth-order valence-corrected chi connectivity index (χ4v) is 3.02. The summed E-state index contributed by atoms with van der Waals surface area (Å²) in [6.45, 7) is 2.61. The van der Waals surface area contributed by atoms with E-state index in [1.807, 2.05) is 6.92 Å². The number of carbonyl (C=O) groups is 2. The lowest BCUT2D eigenvalue weighted by Gasteiger charge is -2.25. The van der Waals surface area contributed by atoms with Gasteiger partial charge in [-0.2, -0.15) is 5.10 Å². The van der Waals surface area contributed by atoms with Gasteiger partial charge in [0.05, 0.1) is 23.8 Å². The lowest BCUT2D eigenvalue weighted by molar-refractivity contribution is -0.127. The maximum atomic E-state index is 13.2. The molecule has 2 unspecified atom stereocenters. The summed E-state index contributed by atoms with van der Waals surface area (Å²) >= 11 is 0. The van der Waals surface area contributed by atoms with Crippen LogP contribution in [0.2, 0.25) is 0 Å². The second kappa shape index (κ2) is 6.43. The molecule has 126 valence electrons. The number of hydrogen-bond donors (Lipinski definition) is 1. The fraction of sp³-hybridized carbons (Fsp3) is 0.353. The summed E-state index contributed by atoms with van der Waals surface area (Å²) in [5, 5.41) is 6.99. The lowest BCUT2D eigenvalue weighted by Crippen LogP contribution is -2.38. The first-order valence-electron chi connectivity index (χ1n) is 7.84. The largest absolute Gasteiger partial charge is 0.346 e. The Labute approximate surface area is 139 Å². The van der Waals surface area contributed by atoms with Crippen LogP contribution < -0.4 is 5.32 Å². The molecule has 24 heavy (non-hydrogen) atoms. The molecular weight excluding hydrogens is 311 g/mol.